The molecule has 0 spiro atoms. The van der Waals surface area contributed by atoms with Crippen molar-refractivity contribution in [3.05, 3.63) is 28.2 Å². The summed E-state index contributed by atoms with van der Waals surface area (Å²) in [6, 6.07) is 6.29. The Hall–Kier alpha value is -0.0300. The van der Waals surface area contributed by atoms with Crippen molar-refractivity contribution in [2.24, 2.45) is 5.73 Å². The van der Waals surface area contributed by atoms with Gasteiger partial charge >= 0.3 is 0 Å². The van der Waals surface area contributed by atoms with Gasteiger partial charge in [-0.05, 0) is 30.5 Å². The third-order valence-corrected chi connectivity index (χ3v) is 4.93. The molecule has 1 aromatic carbocycles. The molecule has 1 saturated heterocycles. The summed E-state index contributed by atoms with van der Waals surface area (Å²) in [6.07, 6.45) is 2.28. The topological polar surface area (TPSA) is 35.2 Å². The first-order valence-corrected chi connectivity index (χ1v) is 7.20. The number of ether oxygens (including phenoxy) is 1. The van der Waals surface area contributed by atoms with Gasteiger partial charge in [-0.3, -0.25) is 0 Å². The monoisotopic (exact) mass is 301 g/mol. The summed E-state index contributed by atoms with van der Waals surface area (Å²) in [5.41, 5.74) is 7.01. The number of hydrogen-bond donors (Lipinski definition) is 1. The van der Waals surface area contributed by atoms with E-state index in [2.05, 4.69) is 34.1 Å². The third-order valence-electron chi connectivity index (χ3n) is 2.74. The van der Waals surface area contributed by atoms with Crippen LogP contribution in [-0.2, 0) is 11.3 Å². The van der Waals surface area contributed by atoms with Crippen LogP contribution in [0.15, 0.2) is 27.6 Å². The Morgan fingerprint density at radius 1 is 1.38 bits per heavy atom. The first-order valence-electron chi connectivity index (χ1n) is 5.53. The highest BCUT2D eigenvalue weighted by Crippen LogP contribution is 2.34. The number of rotatable bonds is 3. The molecule has 0 amide bonds. The summed E-state index contributed by atoms with van der Waals surface area (Å²) in [6.45, 7) is 2.38. The molecular weight excluding hydrogens is 286 g/mol. The summed E-state index contributed by atoms with van der Waals surface area (Å²) >= 11 is 5.49. The highest BCUT2D eigenvalue weighted by molar-refractivity contribution is 9.10. The molecule has 16 heavy (non-hydrogen) atoms. The minimum absolute atomic E-state index is 0.590. The van der Waals surface area contributed by atoms with Gasteiger partial charge in [-0.1, -0.05) is 22.0 Å². The van der Waals surface area contributed by atoms with Crippen molar-refractivity contribution >= 4 is 27.7 Å². The molecule has 1 heterocycles. The predicted molar refractivity (Wildman–Crippen MR) is 71.7 cm³/mol. The van der Waals surface area contributed by atoms with E-state index in [9.17, 15) is 0 Å². The second-order valence-corrected chi connectivity index (χ2v) is 6.05. The lowest BCUT2D eigenvalue weighted by Gasteiger charge is -2.22. The van der Waals surface area contributed by atoms with E-state index in [1.165, 1.54) is 10.5 Å². The molecule has 2 rings (SSSR count). The van der Waals surface area contributed by atoms with E-state index in [-0.39, 0.29) is 0 Å². The molecular formula is C12H16BrNOS. The second kappa shape index (κ2) is 6.05. The maximum atomic E-state index is 5.79. The Morgan fingerprint density at radius 3 is 2.81 bits per heavy atom. The van der Waals surface area contributed by atoms with Crippen molar-refractivity contribution < 1.29 is 4.74 Å². The Bertz CT molecular complexity index is 353. The summed E-state index contributed by atoms with van der Waals surface area (Å²) in [5.74, 6) is 0. The molecule has 0 saturated carbocycles. The first-order chi connectivity index (χ1) is 7.81. The molecule has 1 aliphatic rings. The van der Waals surface area contributed by atoms with Gasteiger partial charge in [0, 0.05) is 34.4 Å². The van der Waals surface area contributed by atoms with Gasteiger partial charge < -0.3 is 10.5 Å². The number of hydrogen-bond acceptors (Lipinski definition) is 3. The lowest BCUT2D eigenvalue weighted by atomic mass is 10.2. The van der Waals surface area contributed by atoms with E-state index >= 15 is 0 Å². The van der Waals surface area contributed by atoms with Crippen molar-refractivity contribution in [2.75, 3.05) is 13.2 Å². The van der Waals surface area contributed by atoms with Crippen molar-refractivity contribution in [3.63, 3.8) is 0 Å². The lowest BCUT2D eigenvalue weighted by molar-refractivity contribution is 0.100. The molecule has 0 atom stereocenters. The van der Waals surface area contributed by atoms with E-state index in [0.717, 1.165) is 30.5 Å². The standard InChI is InChI=1S/C12H16BrNOS/c13-11-2-1-3-12(10(11)8-14)16-9-4-6-15-7-5-9/h1-3,9H,4-8,14H2. The van der Waals surface area contributed by atoms with Crippen LogP contribution in [0.25, 0.3) is 0 Å². The molecule has 1 aliphatic heterocycles. The molecule has 2 nitrogen and oxygen atoms in total. The fraction of sp³-hybridized carbons (Fsp3) is 0.500. The van der Waals surface area contributed by atoms with Gasteiger partial charge in [0.05, 0.1) is 0 Å². The molecule has 0 unspecified atom stereocenters. The van der Waals surface area contributed by atoms with Crippen LogP contribution in [0.5, 0.6) is 0 Å². The van der Waals surface area contributed by atoms with Crippen molar-refractivity contribution in [3.8, 4) is 0 Å². The van der Waals surface area contributed by atoms with Crippen molar-refractivity contribution in [1.29, 1.82) is 0 Å². The molecule has 1 fully saturated rings. The van der Waals surface area contributed by atoms with Gasteiger partial charge in [0.2, 0.25) is 0 Å². The molecule has 0 aromatic heterocycles. The quantitative estimate of drug-likeness (QED) is 0.931. The molecule has 1 aromatic rings. The number of thioether (sulfide) groups is 1. The highest BCUT2D eigenvalue weighted by atomic mass is 79.9. The maximum absolute atomic E-state index is 5.79. The Balaban J connectivity index is 2.10. The van der Waals surface area contributed by atoms with Crippen molar-refractivity contribution in [2.45, 2.75) is 29.5 Å². The van der Waals surface area contributed by atoms with Gasteiger partial charge in [0.1, 0.15) is 0 Å². The summed E-state index contributed by atoms with van der Waals surface area (Å²) in [7, 11) is 0. The van der Waals surface area contributed by atoms with Gasteiger partial charge in [0.25, 0.3) is 0 Å². The summed E-state index contributed by atoms with van der Waals surface area (Å²) in [5, 5.41) is 0.674. The van der Waals surface area contributed by atoms with Crippen LogP contribution in [0.2, 0.25) is 0 Å². The van der Waals surface area contributed by atoms with Crippen LogP contribution in [0.3, 0.4) is 0 Å². The smallest absolute Gasteiger partial charge is 0.0476 e. The summed E-state index contributed by atoms with van der Waals surface area (Å²) in [4.78, 5) is 1.31. The van der Waals surface area contributed by atoms with Crippen molar-refractivity contribution in [1.82, 2.24) is 0 Å². The normalized spacial score (nSPS) is 17.6. The zero-order valence-electron chi connectivity index (χ0n) is 9.12. The largest absolute Gasteiger partial charge is 0.381 e. The Labute approximate surface area is 109 Å². The maximum Gasteiger partial charge on any atom is 0.0476 e. The Kier molecular flexibility index (Phi) is 4.70. The van der Waals surface area contributed by atoms with Crippen LogP contribution in [0, 0.1) is 0 Å². The molecule has 0 aliphatic carbocycles. The summed E-state index contributed by atoms with van der Waals surface area (Å²) < 4.78 is 6.49. The van der Waals surface area contributed by atoms with E-state index in [0.29, 0.717) is 11.8 Å². The molecule has 2 N–H and O–H groups in total. The molecule has 0 radical (unpaired) electrons. The van der Waals surface area contributed by atoms with Gasteiger partial charge in [-0.15, -0.1) is 11.8 Å². The van der Waals surface area contributed by atoms with Crippen LogP contribution >= 0.6 is 27.7 Å². The third kappa shape index (κ3) is 3.00. The average Bonchev–Trinajstić information content (AvgIpc) is 2.31. The molecule has 4 heteroatoms. The number of benzene rings is 1. The minimum atomic E-state index is 0.590. The zero-order chi connectivity index (χ0) is 11.4. The van der Waals surface area contributed by atoms with Gasteiger partial charge in [-0.25, -0.2) is 0 Å². The Morgan fingerprint density at radius 2 is 2.12 bits per heavy atom. The van der Waals surface area contributed by atoms with E-state index in [1.54, 1.807) is 0 Å². The first kappa shape index (κ1) is 12.4. The van der Waals surface area contributed by atoms with Gasteiger partial charge in [-0.2, -0.15) is 0 Å². The fourth-order valence-electron chi connectivity index (χ4n) is 1.82. The van der Waals surface area contributed by atoms with E-state index < -0.39 is 0 Å². The highest BCUT2D eigenvalue weighted by Gasteiger charge is 2.16. The molecule has 0 bridgehead atoms. The number of halogens is 1. The van der Waals surface area contributed by atoms with E-state index in [1.807, 2.05) is 11.8 Å². The minimum Gasteiger partial charge on any atom is -0.381 e. The molecule has 88 valence electrons. The zero-order valence-corrected chi connectivity index (χ0v) is 11.5. The second-order valence-electron chi connectivity index (χ2n) is 3.85. The van der Waals surface area contributed by atoms with Gasteiger partial charge in [0.15, 0.2) is 0 Å². The van der Waals surface area contributed by atoms with Crippen LogP contribution in [0.1, 0.15) is 18.4 Å². The average molecular weight is 302 g/mol. The van der Waals surface area contributed by atoms with E-state index in [4.69, 9.17) is 10.5 Å². The SMILES string of the molecule is NCc1c(Br)cccc1SC1CCOCC1. The fourth-order valence-corrected chi connectivity index (χ4v) is 3.76. The predicted octanol–water partition coefficient (Wildman–Crippen LogP) is 3.18. The lowest BCUT2D eigenvalue weighted by Crippen LogP contribution is -2.17. The van der Waals surface area contributed by atoms with Crippen LogP contribution in [-0.4, -0.2) is 18.5 Å². The van der Waals surface area contributed by atoms with Crippen LogP contribution in [0.4, 0.5) is 0 Å². The number of nitrogens with two attached hydrogens (primary N) is 1. The van der Waals surface area contributed by atoms with Crippen LogP contribution < -0.4 is 5.73 Å².